The van der Waals surface area contributed by atoms with Gasteiger partial charge in [0.1, 0.15) is 0 Å². The Morgan fingerprint density at radius 3 is 2.70 bits per heavy atom. The van der Waals surface area contributed by atoms with Crippen LogP contribution < -0.4 is 5.48 Å². The molecule has 0 atom stereocenters. The lowest BCUT2D eigenvalue weighted by Gasteiger charge is -1.99. The predicted molar refractivity (Wildman–Crippen MR) is 34.7 cm³/mol. The molecule has 0 spiro atoms. The van der Waals surface area contributed by atoms with Crippen LogP contribution in [0.5, 0.6) is 0 Å². The maximum atomic E-state index is 10.4. The molecule has 0 unspecified atom stereocenters. The minimum absolute atomic E-state index is 0.234. The smallest absolute Gasteiger partial charge is 0.331 e. The van der Waals surface area contributed by atoms with Gasteiger partial charge in [0, 0.05) is 6.42 Å². The molecule has 0 aromatic rings. The van der Waals surface area contributed by atoms with Gasteiger partial charge in [-0.2, -0.15) is 5.48 Å². The zero-order chi connectivity index (χ0) is 7.98. The van der Waals surface area contributed by atoms with Gasteiger partial charge in [0.25, 0.3) is 5.91 Å². The first-order valence-electron chi connectivity index (χ1n) is 2.82. The van der Waals surface area contributed by atoms with Gasteiger partial charge in [-0.1, -0.05) is 13.5 Å². The lowest BCUT2D eigenvalue weighted by atomic mass is 10.5. The third-order valence-electron chi connectivity index (χ3n) is 0.740. The monoisotopic (exact) mass is 143 g/mol. The van der Waals surface area contributed by atoms with Crippen LogP contribution in [0.2, 0.25) is 0 Å². The third kappa shape index (κ3) is 3.65. The van der Waals surface area contributed by atoms with E-state index in [2.05, 4.69) is 11.4 Å². The molecule has 0 aliphatic rings. The average Bonchev–Trinajstić information content (AvgIpc) is 1.99. The molecule has 1 N–H and O–H groups in total. The van der Waals surface area contributed by atoms with Crippen LogP contribution in [-0.4, -0.2) is 11.9 Å². The van der Waals surface area contributed by atoms with E-state index in [1.165, 1.54) is 0 Å². The summed E-state index contributed by atoms with van der Waals surface area (Å²) in [6.07, 6.45) is 1.25. The fourth-order valence-electron chi connectivity index (χ4n) is 0.221. The summed E-state index contributed by atoms with van der Waals surface area (Å²) in [7, 11) is 0. The van der Waals surface area contributed by atoms with Crippen molar-refractivity contribution in [1.82, 2.24) is 5.48 Å². The van der Waals surface area contributed by atoms with Gasteiger partial charge in [0.15, 0.2) is 0 Å². The van der Waals surface area contributed by atoms with Crippen molar-refractivity contribution in [3.8, 4) is 0 Å². The summed E-state index contributed by atoms with van der Waals surface area (Å²) in [6.45, 7) is 4.79. The van der Waals surface area contributed by atoms with Crippen molar-refractivity contribution < 1.29 is 14.4 Å². The molecule has 0 bridgehead atoms. The van der Waals surface area contributed by atoms with E-state index in [0.717, 1.165) is 6.08 Å². The lowest BCUT2D eigenvalue weighted by molar-refractivity contribution is -0.156. The minimum atomic E-state index is -0.526. The molecular weight excluding hydrogens is 134 g/mol. The summed E-state index contributed by atoms with van der Waals surface area (Å²) in [5.74, 6) is -1.00. The van der Waals surface area contributed by atoms with E-state index in [-0.39, 0.29) is 6.42 Å². The molecule has 0 saturated heterocycles. The molecule has 10 heavy (non-hydrogen) atoms. The number of hydroxylamine groups is 1. The molecule has 0 rings (SSSR count). The predicted octanol–water partition coefficient (Wildman–Crippen LogP) is 0.157. The zero-order valence-corrected chi connectivity index (χ0v) is 5.72. The Balaban J connectivity index is 3.44. The van der Waals surface area contributed by atoms with Crippen molar-refractivity contribution >= 4 is 11.9 Å². The van der Waals surface area contributed by atoms with Crippen molar-refractivity contribution in [2.24, 2.45) is 0 Å². The topological polar surface area (TPSA) is 55.4 Å². The third-order valence-corrected chi connectivity index (χ3v) is 0.740. The van der Waals surface area contributed by atoms with Crippen molar-refractivity contribution in [1.29, 1.82) is 0 Å². The largest absolute Gasteiger partial charge is 0.341 e. The Morgan fingerprint density at radius 2 is 2.30 bits per heavy atom. The van der Waals surface area contributed by atoms with Crippen LogP contribution in [0.1, 0.15) is 13.3 Å². The van der Waals surface area contributed by atoms with Gasteiger partial charge >= 0.3 is 5.97 Å². The van der Waals surface area contributed by atoms with Crippen molar-refractivity contribution in [3.05, 3.63) is 12.7 Å². The van der Waals surface area contributed by atoms with E-state index in [4.69, 9.17) is 0 Å². The highest BCUT2D eigenvalue weighted by atomic mass is 16.7. The molecule has 4 nitrogen and oxygen atoms in total. The Bertz CT molecular complexity index is 153. The maximum absolute atomic E-state index is 10.4. The molecule has 0 aromatic heterocycles. The van der Waals surface area contributed by atoms with E-state index >= 15 is 0 Å². The molecule has 0 aliphatic carbocycles. The summed E-state index contributed by atoms with van der Waals surface area (Å²) in [4.78, 5) is 24.9. The Hall–Kier alpha value is -1.32. The Kier molecular flexibility index (Phi) is 3.95. The highest BCUT2D eigenvalue weighted by molar-refractivity contribution is 5.87. The molecule has 0 fully saturated rings. The fourth-order valence-corrected chi connectivity index (χ4v) is 0.221. The van der Waals surface area contributed by atoms with E-state index in [1.54, 1.807) is 6.92 Å². The van der Waals surface area contributed by atoms with Crippen molar-refractivity contribution in [2.75, 3.05) is 0 Å². The van der Waals surface area contributed by atoms with E-state index < -0.39 is 11.9 Å². The molecule has 4 heteroatoms. The second kappa shape index (κ2) is 4.55. The molecule has 0 aliphatic heterocycles. The number of nitrogens with one attached hydrogen (secondary N) is 1. The number of carbonyl (C=O) groups is 2. The number of amides is 1. The second-order valence-electron chi connectivity index (χ2n) is 1.50. The van der Waals surface area contributed by atoms with Crippen LogP contribution >= 0.6 is 0 Å². The van der Waals surface area contributed by atoms with Gasteiger partial charge in [0.2, 0.25) is 0 Å². The number of hydrogen-bond donors (Lipinski definition) is 1. The molecule has 0 saturated carbocycles. The molecule has 0 heterocycles. The highest BCUT2D eigenvalue weighted by Crippen LogP contribution is 1.79. The number of carbonyl (C=O) groups excluding carboxylic acids is 2. The quantitative estimate of drug-likeness (QED) is 0.442. The summed E-state index contributed by atoms with van der Waals surface area (Å²) < 4.78 is 0. The first-order chi connectivity index (χ1) is 4.70. The minimum Gasteiger partial charge on any atom is -0.341 e. The van der Waals surface area contributed by atoms with Gasteiger partial charge in [-0.25, -0.2) is 4.79 Å². The summed E-state index contributed by atoms with van der Waals surface area (Å²) in [5.41, 5.74) is 1.88. The van der Waals surface area contributed by atoms with E-state index in [1.807, 2.05) is 5.48 Å². The molecular formula is C6H9NO3. The maximum Gasteiger partial charge on any atom is 0.331 e. The number of hydrogen-bond acceptors (Lipinski definition) is 3. The standard InChI is InChI=1S/C6H9NO3/c1-3-5(8)7-10-6(9)4-2/h3H,1,4H2,2H3,(H,7,8). The first-order valence-corrected chi connectivity index (χ1v) is 2.82. The second-order valence-corrected chi connectivity index (χ2v) is 1.50. The highest BCUT2D eigenvalue weighted by Gasteiger charge is 1.98. The van der Waals surface area contributed by atoms with Crippen LogP contribution in [0.15, 0.2) is 12.7 Å². The van der Waals surface area contributed by atoms with Gasteiger partial charge in [-0.05, 0) is 6.08 Å². The van der Waals surface area contributed by atoms with Crippen LogP contribution in [-0.2, 0) is 14.4 Å². The van der Waals surface area contributed by atoms with Crippen LogP contribution in [0.25, 0.3) is 0 Å². The van der Waals surface area contributed by atoms with Gasteiger partial charge in [-0.3, -0.25) is 4.79 Å². The van der Waals surface area contributed by atoms with Crippen molar-refractivity contribution in [2.45, 2.75) is 13.3 Å². The SMILES string of the molecule is C=CC(=O)NOC(=O)CC. The summed E-state index contributed by atoms with van der Waals surface area (Å²) in [5, 5.41) is 0. The zero-order valence-electron chi connectivity index (χ0n) is 5.72. The molecule has 56 valence electrons. The van der Waals surface area contributed by atoms with Crippen LogP contribution in [0.4, 0.5) is 0 Å². The van der Waals surface area contributed by atoms with Crippen LogP contribution in [0, 0.1) is 0 Å². The Morgan fingerprint density at radius 1 is 1.70 bits per heavy atom. The van der Waals surface area contributed by atoms with Gasteiger partial charge < -0.3 is 4.84 Å². The summed E-state index contributed by atoms with van der Waals surface area (Å²) in [6, 6.07) is 0. The average molecular weight is 143 g/mol. The molecule has 0 radical (unpaired) electrons. The van der Waals surface area contributed by atoms with E-state index in [0.29, 0.717) is 0 Å². The fraction of sp³-hybridized carbons (Fsp3) is 0.333. The van der Waals surface area contributed by atoms with Gasteiger partial charge in [0.05, 0.1) is 0 Å². The molecule has 1 amide bonds. The normalized spacial score (nSPS) is 8.10. The Labute approximate surface area is 58.8 Å². The van der Waals surface area contributed by atoms with Crippen molar-refractivity contribution in [3.63, 3.8) is 0 Å². The number of rotatable bonds is 2. The van der Waals surface area contributed by atoms with Crippen LogP contribution in [0.3, 0.4) is 0 Å². The first kappa shape index (κ1) is 8.68. The molecule has 0 aromatic carbocycles. The van der Waals surface area contributed by atoms with Gasteiger partial charge in [-0.15, -0.1) is 0 Å². The lowest BCUT2D eigenvalue weighted by Crippen LogP contribution is -2.24. The summed E-state index contributed by atoms with van der Waals surface area (Å²) >= 11 is 0. The van der Waals surface area contributed by atoms with E-state index in [9.17, 15) is 9.59 Å².